The van der Waals surface area contributed by atoms with E-state index >= 15 is 0 Å². The molecule has 0 aliphatic carbocycles. The Morgan fingerprint density at radius 1 is 1.47 bits per heavy atom. The van der Waals surface area contributed by atoms with Crippen molar-refractivity contribution in [3.05, 3.63) is 17.5 Å². The predicted molar refractivity (Wildman–Crippen MR) is 61.1 cm³/mol. The van der Waals surface area contributed by atoms with Gasteiger partial charge in [0.05, 0.1) is 0 Å². The molecule has 2 N–H and O–H groups in total. The van der Waals surface area contributed by atoms with Crippen molar-refractivity contribution in [2.24, 2.45) is 0 Å². The Morgan fingerprint density at radius 2 is 2.12 bits per heavy atom. The van der Waals surface area contributed by atoms with Crippen LogP contribution in [-0.4, -0.2) is 42.3 Å². The van der Waals surface area contributed by atoms with Crippen molar-refractivity contribution in [3.8, 4) is 0 Å². The fraction of sp³-hybridized carbons (Fsp3) is 0.667. The van der Waals surface area contributed by atoms with E-state index in [2.05, 4.69) is 15.5 Å². The van der Waals surface area contributed by atoms with E-state index in [0.29, 0.717) is 12.2 Å². The van der Waals surface area contributed by atoms with Gasteiger partial charge in [-0.15, -0.1) is 12.4 Å². The molecular weight excluding hydrogens is 257 g/mol. The van der Waals surface area contributed by atoms with E-state index in [0.717, 1.165) is 19.2 Å². The van der Waals surface area contributed by atoms with Gasteiger partial charge in [-0.3, -0.25) is 10.00 Å². The van der Waals surface area contributed by atoms with Gasteiger partial charge in [0.25, 0.3) is 0 Å². The van der Waals surface area contributed by atoms with Crippen molar-refractivity contribution in [1.29, 1.82) is 0 Å². The minimum Gasteiger partial charge on any atom is -0.318 e. The Morgan fingerprint density at radius 3 is 2.59 bits per heavy atom. The number of hydrogen-bond donors (Lipinski definition) is 2. The summed E-state index contributed by atoms with van der Waals surface area (Å²) in [6.45, 7) is 1.97. The van der Waals surface area contributed by atoms with Crippen LogP contribution in [0.3, 0.4) is 0 Å². The highest BCUT2D eigenvalue weighted by Gasteiger charge is 2.33. The molecule has 0 fully saturated rings. The number of alkyl halides is 3. The molecule has 0 amide bonds. The van der Waals surface area contributed by atoms with Gasteiger partial charge in [-0.25, -0.2) is 0 Å². The first-order chi connectivity index (χ1) is 7.43. The summed E-state index contributed by atoms with van der Waals surface area (Å²) in [7, 11) is 3.66. The molecule has 0 aliphatic rings. The fourth-order valence-corrected chi connectivity index (χ4v) is 1.26. The third kappa shape index (κ3) is 5.38. The molecule has 1 aromatic heterocycles. The zero-order valence-electron chi connectivity index (χ0n) is 9.64. The summed E-state index contributed by atoms with van der Waals surface area (Å²) in [6.07, 6.45) is -4.38. The Kier molecular flexibility index (Phi) is 6.51. The smallest absolute Gasteiger partial charge is 0.318 e. The van der Waals surface area contributed by atoms with Crippen LogP contribution in [0.4, 0.5) is 13.2 Å². The zero-order valence-corrected chi connectivity index (χ0v) is 10.5. The minimum atomic E-state index is -4.38. The van der Waals surface area contributed by atoms with Crippen LogP contribution >= 0.6 is 12.4 Å². The van der Waals surface area contributed by atoms with E-state index in [9.17, 15) is 13.2 Å². The molecule has 0 bridgehead atoms. The molecule has 1 heterocycles. The molecule has 0 atom stereocenters. The van der Waals surface area contributed by atoms with Crippen LogP contribution in [0.2, 0.25) is 0 Å². The highest BCUT2D eigenvalue weighted by atomic mass is 35.5. The third-order valence-electron chi connectivity index (χ3n) is 2.11. The van der Waals surface area contributed by atoms with Crippen LogP contribution < -0.4 is 5.32 Å². The topological polar surface area (TPSA) is 44.0 Å². The number of hydrogen-bond acceptors (Lipinski definition) is 3. The molecule has 0 aliphatic heterocycles. The Labute approximate surface area is 104 Å². The first kappa shape index (κ1) is 16.2. The molecule has 17 heavy (non-hydrogen) atoms. The van der Waals surface area contributed by atoms with Gasteiger partial charge in [-0.1, -0.05) is 0 Å². The average Bonchev–Trinajstić information content (AvgIpc) is 2.62. The van der Waals surface area contributed by atoms with Crippen LogP contribution in [0.5, 0.6) is 0 Å². The fourth-order valence-electron chi connectivity index (χ4n) is 1.26. The highest BCUT2D eigenvalue weighted by Crippen LogP contribution is 2.27. The van der Waals surface area contributed by atoms with E-state index in [-0.39, 0.29) is 12.4 Å². The summed E-state index contributed by atoms with van der Waals surface area (Å²) in [4.78, 5) is 1.91. The lowest BCUT2D eigenvalue weighted by Gasteiger charge is -2.14. The Hall–Kier alpha value is -0.790. The van der Waals surface area contributed by atoms with Crippen molar-refractivity contribution in [2.45, 2.75) is 12.7 Å². The van der Waals surface area contributed by atoms with E-state index in [1.807, 2.05) is 19.0 Å². The molecule has 0 unspecified atom stereocenters. The number of likely N-dealkylation sites (N-methyl/N-ethyl adjacent to an activating group) is 2. The number of nitrogens with zero attached hydrogens (tertiary/aromatic N) is 2. The first-order valence-electron chi connectivity index (χ1n) is 4.88. The van der Waals surface area contributed by atoms with Crippen LogP contribution in [0.15, 0.2) is 6.07 Å². The quantitative estimate of drug-likeness (QED) is 0.854. The Balaban J connectivity index is 0.00000256. The summed E-state index contributed by atoms with van der Waals surface area (Å²) < 4.78 is 36.7. The van der Waals surface area contributed by atoms with Gasteiger partial charge in [0.2, 0.25) is 0 Å². The minimum absolute atomic E-state index is 0. The Bertz CT molecular complexity index is 326. The lowest BCUT2D eigenvalue weighted by atomic mass is 10.3. The second-order valence-corrected chi connectivity index (χ2v) is 3.62. The number of nitrogens with one attached hydrogen (secondary N) is 2. The molecule has 0 spiro atoms. The van der Waals surface area contributed by atoms with Crippen molar-refractivity contribution in [1.82, 2.24) is 20.4 Å². The van der Waals surface area contributed by atoms with Crippen molar-refractivity contribution >= 4 is 12.4 Å². The summed E-state index contributed by atoms with van der Waals surface area (Å²) >= 11 is 0. The lowest BCUT2D eigenvalue weighted by Crippen LogP contribution is -2.27. The second kappa shape index (κ2) is 6.83. The number of aromatic amines is 1. The SMILES string of the molecule is CNCCN(C)Cc1cc(C(F)(F)F)n[nH]1.Cl. The molecule has 0 saturated heterocycles. The number of H-pyrrole nitrogens is 1. The molecule has 8 heteroatoms. The van der Waals surface area contributed by atoms with E-state index in [1.165, 1.54) is 0 Å². The van der Waals surface area contributed by atoms with Crippen molar-refractivity contribution < 1.29 is 13.2 Å². The van der Waals surface area contributed by atoms with E-state index < -0.39 is 11.9 Å². The maximum absolute atomic E-state index is 12.2. The summed E-state index contributed by atoms with van der Waals surface area (Å²) in [5.74, 6) is 0. The van der Waals surface area contributed by atoms with Gasteiger partial charge in [-0.2, -0.15) is 18.3 Å². The number of halogens is 4. The summed E-state index contributed by atoms with van der Waals surface area (Å²) in [5, 5.41) is 8.58. The van der Waals surface area contributed by atoms with E-state index in [4.69, 9.17) is 0 Å². The zero-order chi connectivity index (χ0) is 12.2. The molecule has 0 radical (unpaired) electrons. The first-order valence-corrected chi connectivity index (χ1v) is 4.88. The average molecular weight is 273 g/mol. The van der Waals surface area contributed by atoms with Crippen LogP contribution in [0.1, 0.15) is 11.4 Å². The van der Waals surface area contributed by atoms with Crippen LogP contribution in [-0.2, 0) is 12.7 Å². The lowest BCUT2D eigenvalue weighted by molar-refractivity contribution is -0.141. The van der Waals surface area contributed by atoms with Gasteiger partial charge in [0.1, 0.15) is 0 Å². The predicted octanol–water partition coefficient (Wildman–Crippen LogP) is 1.50. The maximum Gasteiger partial charge on any atom is 0.435 e. The van der Waals surface area contributed by atoms with Crippen molar-refractivity contribution in [3.63, 3.8) is 0 Å². The van der Waals surface area contributed by atoms with Gasteiger partial charge < -0.3 is 5.32 Å². The molecule has 4 nitrogen and oxygen atoms in total. The monoisotopic (exact) mass is 272 g/mol. The molecule has 100 valence electrons. The standard InChI is InChI=1S/C9H15F3N4.ClH/c1-13-3-4-16(2)6-7-5-8(15-14-7)9(10,11)12;/h5,13H,3-4,6H2,1-2H3,(H,14,15);1H. The largest absolute Gasteiger partial charge is 0.435 e. The number of rotatable bonds is 5. The van der Waals surface area contributed by atoms with Crippen molar-refractivity contribution in [2.75, 3.05) is 27.2 Å². The molecule has 1 aromatic rings. The normalized spacial score (nSPS) is 11.6. The third-order valence-corrected chi connectivity index (χ3v) is 2.11. The molecule has 0 saturated carbocycles. The summed E-state index contributed by atoms with van der Waals surface area (Å²) in [5.41, 5.74) is -0.407. The molecule has 0 aromatic carbocycles. The maximum atomic E-state index is 12.2. The van der Waals surface area contributed by atoms with E-state index in [1.54, 1.807) is 0 Å². The van der Waals surface area contributed by atoms with Gasteiger partial charge in [-0.05, 0) is 20.2 Å². The van der Waals surface area contributed by atoms with Crippen LogP contribution in [0.25, 0.3) is 0 Å². The van der Waals surface area contributed by atoms with Gasteiger partial charge >= 0.3 is 6.18 Å². The van der Waals surface area contributed by atoms with Gasteiger partial charge in [0, 0.05) is 25.3 Å². The van der Waals surface area contributed by atoms with Gasteiger partial charge in [0.15, 0.2) is 5.69 Å². The molecule has 1 rings (SSSR count). The highest BCUT2D eigenvalue weighted by molar-refractivity contribution is 5.85. The summed E-state index contributed by atoms with van der Waals surface area (Å²) in [6, 6.07) is 1.04. The molecular formula is C9H16ClF3N4. The second-order valence-electron chi connectivity index (χ2n) is 3.62. The van der Waals surface area contributed by atoms with Crippen LogP contribution in [0, 0.1) is 0 Å². The number of aromatic nitrogens is 2.